The summed E-state index contributed by atoms with van der Waals surface area (Å²) in [5.41, 5.74) is 0.765. The highest BCUT2D eigenvalue weighted by Gasteiger charge is 2.49. The van der Waals surface area contributed by atoms with Gasteiger partial charge in [-0.3, -0.25) is 0 Å². The zero-order valence-corrected chi connectivity index (χ0v) is 16.1. The smallest absolute Gasteiger partial charge is 0.407 e. The molecule has 2 saturated heterocycles. The minimum Gasteiger partial charge on any atom is -0.445 e. The van der Waals surface area contributed by atoms with Crippen molar-refractivity contribution in [3.8, 4) is 0 Å². The fourth-order valence-corrected chi connectivity index (χ4v) is 3.03. The van der Waals surface area contributed by atoms with Gasteiger partial charge in [-0.2, -0.15) is 0 Å². The zero-order chi connectivity index (χ0) is 19.6. The summed E-state index contributed by atoms with van der Waals surface area (Å²) in [5.74, 6) is 0. The van der Waals surface area contributed by atoms with Gasteiger partial charge >= 0.3 is 6.09 Å². The Morgan fingerprint density at radius 1 is 1.22 bits per heavy atom. The molecule has 2 heterocycles. The van der Waals surface area contributed by atoms with E-state index in [2.05, 4.69) is 5.32 Å². The van der Waals surface area contributed by atoms with E-state index < -0.39 is 53.4 Å². The molecule has 4 unspecified atom stereocenters. The summed E-state index contributed by atoms with van der Waals surface area (Å²) < 4.78 is 19.8. The molecule has 150 valence electrons. The molecule has 2 fully saturated rings. The highest BCUT2D eigenvalue weighted by Crippen LogP contribution is 2.33. The van der Waals surface area contributed by atoms with E-state index in [-0.39, 0.29) is 6.61 Å². The number of aliphatic hydroxyl groups excluding tert-OH is 2. The zero-order valence-electron chi connectivity index (χ0n) is 13.8. The molecular weight excluding hydrogens is 425 g/mol. The minimum atomic E-state index is -1.78. The van der Waals surface area contributed by atoms with Crippen molar-refractivity contribution < 1.29 is 34.0 Å². The second-order valence-corrected chi connectivity index (χ2v) is 8.61. The van der Waals surface area contributed by atoms with Gasteiger partial charge in [0.2, 0.25) is 3.79 Å². The average Bonchev–Trinajstić information content (AvgIpc) is 2.63. The number of rotatable bonds is 3. The van der Waals surface area contributed by atoms with Crippen molar-refractivity contribution in [2.75, 3.05) is 13.2 Å². The van der Waals surface area contributed by atoms with Gasteiger partial charge < -0.3 is 34.5 Å². The second-order valence-electron chi connectivity index (χ2n) is 6.09. The molecule has 27 heavy (non-hydrogen) atoms. The van der Waals surface area contributed by atoms with Crippen molar-refractivity contribution in [2.45, 2.75) is 40.7 Å². The predicted molar refractivity (Wildman–Crippen MR) is 95.5 cm³/mol. The first kappa shape index (κ1) is 20.9. The number of hydrogen-bond donors (Lipinski definition) is 3. The van der Waals surface area contributed by atoms with E-state index in [0.29, 0.717) is 0 Å². The molecule has 3 N–H and O–H groups in total. The van der Waals surface area contributed by atoms with Gasteiger partial charge in [0, 0.05) is 5.56 Å². The van der Waals surface area contributed by atoms with Crippen molar-refractivity contribution in [3.05, 3.63) is 35.9 Å². The third-order valence-corrected chi connectivity index (χ3v) is 4.44. The Morgan fingerprint density at radius 3 is 2.59 bits per heavy atom. The summed E-state index contributed by atoms with van der Waals surface area (Å²) in [7, 11) is 0. The maximum atomic E-state index is 11.8. The number of carbonyl (C=O) groups is 1. The van der Waals surface area contributed by atoms with Gasteiger partial charge in [-0.1, -0.05) is 65.1 Å². The van der Waals surface area contributed by atoms with Gasteiger partial charge in [-0.15, -0.1) is 0 Å². The van der Waals surface area contributed by atoms with Gasteiger partial charge in [0.05, 0.1) is 6.61 Å². The third kappa shape index (κ3) is 5.36. The number of alkyl carbamates (subject to hydrolysis) is 1. The lowest BCUT2D eigenvalue weighted by molar-refractivity contribution is -0.337. The first-order valence-electron chi connectivity index (χ1n) is 8.08. The molecule has 6 atom stereocenters. The van der Waals surface area contributed by atoms with E-state index in [1.165, 1.54) is 0 Å². The Labute approximate surface area is 170 Å². The van der Waals surface area contributed by atoms with Crippen LogP contribution < -0.4 is 5.32 Å². The maximum Gasteiger partial charge on any atom is 0.407 e. The molecular formula is C16H18Cl3NO7. The summed E-state index contributed by atoms with van der Waals surface area (Å²) in [4.78, 5) is 11.8. The van der Waals surface area contributed by atoms with Gasteiger partial charge in [-0.05, 0) is 0 Å². The number of alkyl halides is 3. The monoisotopic (exact) mass is 441 g/mol. The lowest BCUT2D eigenvalue weighted by atomic mass is 9.96. The third-order valence-electron chi connectivity index (χ3n) is 4.11. The molecule has 3 rings (SSSR count). The standard InChI is InChI=1S/C16H18Cl3NO7/c17-16(18,19)7-25-15(23)20-10-11(21)12-9(26-13(10)22)6-24-14(27-12)8-4-2-1-3-5-8/h1-5,9-14,21-22H,6-7H2,(H,20,23)/t9?,10?,11-,12-,13?,14?/m1/s1. The Morgan fingerprint density at radius 2 is 1.93 bits per heavy atom. The van der Waals surface area contributed by atoms with Crippen LogP contribution in [-0.4, -0.2) is 64.0 Å². The Hall–Kier alpha value is -0.840. The summed E-state index contributed by atoms with van der Waals surface area (Å²) >= 11 is 16.5. The quantitative estimate of drug-likeness (QED) is 0.611. The summed E-state index contributed by atoms with van der Waals surface area (Å²) in [6.07, 6.45) is -6.02. The van der Waals surface area contributed by atoms with Crippen molar-refractivity contribution in [1.82, 2.24) is 5.32 Å². The second kappa shape index (κ2) is 8.67. The molecule has 2 aliphatic rings. The number of amides is 1. The van der Waals surface area contributed by atoms with Crippen LogP contribution in [0.15, 0.2) is 30.3 Å². The van der Waals surface area contributed by atoms with E-state index in [1.807, 2.05) is 30.3 Å². The number of nitrogens with one attached hydrogen (secondary N) is 1. The van der Waals surface area contributed by atoms with Gasteiger partial charge in [-0.25, -0.2) is 4.79 Å². The predicted octanol–water partition coefficient (Wildman–Crippen LogP) is 1.64. The summed E-state index contributed by atoms with van der Waals surface area (Å²) in [5, 5.41) is 23.0. The van der Waals surface area contributed by atoms with Crippen LogP contribution in [0.1, 0.15) is 11.9 Å². The van der Waals surface area contributed by atoms with Crippen LogP contribution in [0.2, 0.25) is 0 Å². The minimum absolute atomic E-state index is 0.1000. The largest absolute Gasteiger partial charge is 0.445 e. The van der Waals surface area contributed by atoms with Gasteiger partial charge in [0.1, 0.15) is 31.0 Å². The number of halogens is 3. The summed E-state index contributed by atoms with van der Waals surface area (Å²) in [6, 6.07) is 7.95. The number of benzene rings is 1. The molecule has 0 aliphatic carbocycles. The SMILES string of the molecule is O=C(NC1C(O)OC2COC(c3ccccc3)O[C@H]2[C@@H]1O)OCC(Cl)(Cl)Cl. The number of fused-ring (bicyclic) bond motifs is 1. The lowest BCUT2D eigenvalue weighted by Gasteiger charge is -2.46. The Kier molecular flexibility index (Phi) is 6.70. The van der Waals surface area contributed by atoms with Crippen LogP contribution in [0.25, 0.3) is 0 Å². The van der Waals surface area contributed by atoms with Crippen LogP contribution in [0.4, 0.5) is 4.79 Å². The molecule has 0 bridgehead atoms. The van der Waals surface area contributed by atoms with Crippen LogP contribution in [-0.2, 0) is 18.9 Å². The fraction of sp³-hybridized carbons (Fsp3) is 0.562. The molecule has 0 saturated carbocycles. The molecule has 8 nitrogen and oxygen atoms in total. The topological polar surface area (TPSA) is 106 Å². The lowest BCUT2D eigenvalue weighted by Crippen LogP contribution is -2.66. The first-order chi connectivity index (χ1) is 12.7. The Balaban J connectivity index is 1.63. The molecule has 0 spiro atoms. The molecule has 1 amide bonds. The number of hydrogen-bond acceptors (Lipinski definition) is 7. The molecule has 0 radical (unpaired) electrons. The van der Waals surface area contributed by atoms with Gasteiger partial charge in [0.25, 0.3) is 0 Å². The normalized spacial score (nSPS) is 33.8. The van der Waals surface area contributed by atoms with Crippen LogP contribution in [0, 0.1) is 0 Å². The van der Waals surface area contributed by atoms with Crippen LogP contribution >= 0.6 is 34.8 Å². The fourth-order valence-electron chi connectivity index (χ4n) is 2.87. The number of aliphatic hydroxyl groups is 2. The average molecular weight is 443 g/mol. The van der Waals surface area contributed by atoms with Crippen molar-refractivity contribution in [1.29, 1.82) is 0 Å². The van der Waals surface area contributed by atoms with Crippen LogP contribution in [0.3, 0.4) is 0 Å². The molecule has 0 aromatic heterocycles. The van der Waals surface area contributed by atoms with Crippen molar-refractivity contribution in [3.63, 3.8) is 0 Å². The van der Waals surface area contributed by atoms with E-state index in [0.717, 1.165) is 5.56 Å². The molecule has 2 aliphatic heterocycles. The van der Waals surface area contributed by atoms with Crippen molar-refractivity contribution >= 4 is 40.9 Å². The van der Waals surface area contributed by atoms with Crippen LogP contribution in [0.5, 0.6) is 0 Å². The molecule has 11 heteroatoms. The molecule has 1 aromatic rings. The van der Waals surface area contributed by atoms with Crippen molar-refractivity contribution in [2.24, 2.45) is 0 Å². The van der Waals surface area contributed by atoms with E-state index in [9.17, 15) is 15.0 Å². The number of ether oxygens (including phenoxy) is 4. The summed E-state index contributed by atoms with van der Waals surface area (Å²) in [6.45, 7) is -0.404. The van der Waals surface area contributed by atoms with Gasteiger partial charge in [0.15, 0.2) is 12.6 Å². The van der Waals surface area contributed by atoms with E-state index >= 15 is 0 Å². The van der Waals surface area contributed by atoms with E-state index in [1.54, 1.807) is 0 Å². The number of carbonyl (C=O) groups excluding carboxylic acids is 1. The van der Waals surface area contributed by atoms with E-state index in [4.69, 9.17) is 53.8 Å². The maximum absolute atomic E-state index is 11.8. The molecule has 1 aromatic carbocycles. The Bertz CT molecular complexity index is 645. The highest BCUT2D eigenvalue weighted by atomic mass is 35.6. The highest BCUT2D eigenvalue weighted by molar-refractivity contribution is 6.67. The first-order valence-corrected chi connectivity index (χ1v) is 9.21.